The minimum Gasteiger partial charge on any atom is -0.314 e. The van der Waals surface area contributed by atoms with Gasteiger partial charge in [0.15, 0.2) is 0 Å². The minimum atomic E-state index is 1.12. The molecular formula is C44H36N2. The second-order valence-corrected chi connectivity index (χ2v) is 11.4. The van der Waals surface area contributed by atoms with Gasteiger partial charge >= 0.3 is 0 Å². The second-order valence-electron chi connectivity index (χ2n) is 11.4. The SMILES string of the molecule is C/C=C\C=C(/C)N(c1ccc(-c2ccc(N(c3ccccc3)c3cccc4ccccc34)cc2)cc1)c1cccc2ccccc12. The van der Waals surface area contributed by atoms with E-state index in [1.807, 2.05) is 6.92 Å². The van der Waals surface area contributed by atoms with Crippen LogP contribution >= 0.6 is 0 Å². The van der Waals surface area contributed by atoms with Gasteiger partial charge in [-0.3, -0.25) is 0 Å². The van der Waals surface area contributed by atoms with Crippen LogP contribution in [0.5, 0.6) is 0 Å². The molecule has 0 radical (unpaired) electrons. The lowest BCUT2D eigenvalue weighted by atomic mass is 10.0. The monoisotopic (exact) mass is 592 g/mol. The first-order valence-corrected chi connectivity index (χ1v) is 15.8. The highest BCUT2D eigenvalue weighted by Crippen LogP contribution is 2.40. The Bertz CT molecular complexity index is 2150. The Morgan fingerprint density at radius 3 is 1.54 bits per heavy atom. The molecule has 2 nitrogen and oxygen atoms in total. The minimum absolute atomic E-state index is 1.12. The summed E-state index contributed by atoms with van der Waals surface area (Å²) in [4.78, 5) is 4.69. The van der Waals surface area contributed by atoms with Gasteiger partial charge in [0.1, 0.15) is 0 Å². The van der Waals surface area contributed by atoms with Crippen LogP contribution in [0.4, 0.5) is 28.4 Å². The van der Waals surface area contributed by atoms with Crippen LogP contribution in [0.1, 0.15) is 13.8 Å². The number of allylic oxidation sites excluding steroid dienone is 4. The van der Waals surface area contributed by atoms with Gasteiger partial charge in [0, 0.05) is 33.5 Å². The van der Waals surface area contributed by atoms with Crippen molar-refractivity contribution >= 4 is 50.0 Å². The molecule has 0 aliphatic carbocycles. The van der Waals surface area contributed by atoms with E-state index < -0.39 is 0 Å². The number of rotatable bonds is 8. The molecule has 0 aliphatic heterocycles. The quantitative estimate of drug-likeness (QED) is 0.162. The van der Waals surface area contributed by atoms with Gasteiger partial charge in [-0.15, -0.1) is 0 Å². The number of benzene rings is 7. The lowest BCUT2D eigenvalue weighted by Crippen LogP contribution is -2.14. The predicted molar refractivity (Wildman–Crippen MR) is 199 cm³/mol. The predicted octanol–water partition coefficient (Wildman–Crippen LogP) is 12.7. The summed E-state index contributed by atoms with van der Waals surface area (Å²) in [6.07, 6.45) is 6.33. The molecule has 222 valence electrons. The number of fused-ring (bicyclic) bond motifs is 2. The average Bonchev–Trinajstić information content (AvgIpc) is 3.12. The first-order valence-electron chi connectivity index (χ1n) is 15.8. The largest absolute Gasteiger partial charge is 0.314 e. The molecule has 0 atom stereocenters. The summed E-state index contributed by atoms with van der Waals surface area (Å²) in [6, 6.07) is 58.6. The zero-order chi connectivity index (χ0) is 31.3. The number of para-hydroxylation sites is 1. The maximum absolute atomic E-state index is 2.34. The molecule has 7 rings (SSSR count). The summed E-state index contributed by atoms with van der Waals surface area (Å²) in [5.41, 5.74) is 9.22. The van der Waals surface area contributed by atoms with E-state index >= 15 is 0 Å². The molecule has 0 heterocycles. The van der Waals surface area contributed by atoms with Crippen molar-refractivity contribution in [1.82, 2.24) is 0 Å². The Morgan fingerprint density at radius 1 is 0.457 bits per heavy atom. The molecule has 46 heavy (non-hydrogen) atoms. The molecule has 7 aromatic carbocycles. The van der Waals surface area contributed by atoms with Crippen LogP contribution in [0, 0.1) is 0 Å². The summed E-state index contributed by atoms with van der Waals surface area (Å²) in [5, 5.41) is 4.91. The Balaban J connectivity index is 1.25. The lowest BCUT2D eigenvalue weighted by molar-refractivity contribution is 1.16. The third-order valence-electron chi connectivity index (χ3n) is 8.50. The van der Waals surface area contributed by atoms with Crippen LogP contribution in [-0.2, 0) is 0 Å². The summed E-state index contributed by atoms with van der Waals surface area (Å²) in [7, 11) is 0. The van der Waals surface area contributed by atoms with Crippen LogP contribution in [0.3, 0.4) is 0 Å². The second kappa shape index (κ2) is 13.0. The van der Waals surface area contributed by atoms with Gasteiger partial charge in [0.25, 0.3) is 0 Å². The van der Waals surface area contributed by atoms with Crippen molar-refractivity contribution in [3.63, 3.8) is 0 Å². The molecule has 0 spiro atoms. The van der Waals surface area contributed by atoms with Crippen LogP contribution in [0.15, 0.2) is 188 Å². The van der Waals surface area contributed by atoms with E-state index in [2.05, 4.69) is 199 Å². The molecule has 0 bridgehead atoms. The summed E-state index contributed by atoms with van der Waals surface area (Å²) < 4.78 is 0. The third-order valence-corrected chi connectivity index (χ3v) is 8.50. The first kappa shape index (κ1) is 28.9. The van der Waals surface area contributed by atoms with Crippen LogP contribution in [0.25, 0.3) is 32.7 Å². The standard InChI is InChI=1S/C44H36N2/c1-3-4-14-33(2)45(43-23-12-17-36-15-8-10-21-41(36)43)39-29-25-34(26-30-39)35-27-31-40(32-28-35)46(38-19-6-5-7-20-38)44-24-13-18-37-16-9-11-22-42(37)44/h3-32H,1-2H3/b4-3-,33-14+. The number of hydrogen-bond donors (Lipinski definition) is 0. The first-order chi connectivity index (χ1) is 22.7. The van der Waals surface area contributed by atoms with Crippen molar-refractivity contribution in [2.45, 2.75) is 13.8 Å². The van der Waals surface area contributed by atoms with E-state index in [1.165, 1.54) is 38.4 Å². The van der Waals surface area contributed by atoms with E-state index in [9.17, 15) is 0 Å². The van der Waals surface area contributed by atoms with Gasteiger partial charge in [0.2, 0.25) is 0 Å². The fourth-order valence-corrected chi connectivity index (χ4v) is 6.26. The van der Waals surface area contributed by atoms with Crippen molar-refractivity contribution in [3.8, 4) is 11.1 Å². The summed E-state index contributed by atoms with van der Waals surface area (Å²) in [6.45, 7) is 4.22. The summed E-state index contributed by atoms with van der Waals surface area (Å²) in [5.74, 6) is 0. The van der Waals surface area contributed by atoms with Crippen molar-refractivity contribution in [2.75, 3.05) is 9.80 Å². The maximum Gasteiger partial charge on any atom is 0.0540 e. The van der Waals surface area contributed by atoms with Gasteiger partial charge in [-0.25, -0.2) is 0 Å². The molecule has 0 amide bonds. The van der Waals surface area contributed by atoms with Gasteiger partial charge in [-0.2, -0.15) is 0 Å². The molecule has 0 unspecified atom stereocenters. The molecular weight excluding hydrogens is 556 g/mol. The van der Waals surface area contributed by atoms with E-state index in [1.54, 1.807) is 0 Å². The molecule has 2 heteroatoms. The number of anilines is 5. The van der Waals surface area contributed by atoms with Crippen molar-refractivity contribution in [1.29, 1.82) is 0 Å². The van der Waals surface area contributed by atoms with E-state index in [0.717, 1.165) is 28.4 Å². The fourth-order valence-electron chi connectivity index (χ4n) is 6.26. The fraction of sp³-hybridized carbons (Fsp3) is 0.0455. The Kier molecular flexibility index (Phi) is 8.17. The molecule has 7 aromatic rings. The van der Waals surface area contributed by atoms with Crippen LogP contribution in [-0.4, -0.2) is 0 Å². The molecule has 0 saturated heterocycles. The van der Waals surface area contributed by atoms with E-state index in [-0.39, 0.29) is 0 Å². The third kappa shape index (κ3) is 5.69. The van der Waals surface area contributed by atoms with E-state index in [0.29, 0.717) is 0 Å². The molecule has 0 aromatic heterocycles. The van der Waals surface area contributed by atoms with Crippen molar-refractivity contribution in [2.24, 2.45) is 0 Å². The van der Waals surface area contributed by atoms with Crippen LogP contribution in [0.2, 0.25) is 0 Å². The van der Waals surface area contributed by atoms with Gasteiger partial charge in [-0.05, 0) is 90.4 Å². The maximum atomic E-state index is 2.34. The van der Waals surface area contributed by atoms with Crippen molar-refractivity contribution in [3.05, 3.63) is 188 Å². The zero-order valence-electron chi connectivity index (χ0n) is 26.2. The molecule has 0 aliphatic rings. The molecule has 0 saturated carbocycles. The topological polar surface area (TPSA) is 6.48 Å². The summed E-state index contributed by atoms with van der Waals surface area (Å²) >= 11 is 0. The molecule has 0 fully saturated rings. The molecule has 0 N–H and O–H groups in total. The van der Waals surface area contributed by atoms with Gasteiger partial charge in [0.05, 0.1) is 11.4 Å². The average molecular weight is 593 g/mol. The smallest absolute Gasteiger partial charge is 0.0540 e. The van der Waals surface area contributed by atoms with Gasteiger partial charge in [-0.1, -0.05) is 127 Å². The highest BCUT2D eigenvalue weighted by atomic mass is 15.1. The Labute approximate surface area is 271 Å². The highest BCUT2D eigenvalue weighted by Gasteiger charge is 2.17. The van der Waals surface area contributed by atoms with Crippen LogP contribution < -0.4 is 9.80 Å². The number of nitrogens with zero attached hydrogens (tertiary/aromatic N) is 2. The highest BCUT2D eigenvalue weighted by molar-refractivity contribution is 5.99. The van der Waals surface area contributed by atoms with E-state index in [4.69, 9.17) is 0 Å². The normalized spacial score (nSPS) is 11.7. The Hall–Kier alpha value is -5.86. The van der Waals surface area contributed by atoms with Crippen molar-refractivity contribution < 1.29 is 0 Å². The number of hydrogen-bond acceptors (Lipinski definition) is 2. The lowest BCUT2D eigenvalue weighted by Gasteiger charge is -2.28. The van der Waals surface area contributed by atoms with Gasteiger partial charge < -0.3 is 9.80 Å². The Morgan fingerprint density at radius 2 is 0.935 bits per heavy atom. The zero-order valence-corrected chi connectivity index (χ0v) is 26.2.